The minimum Gasteiger partial charge on any atom is -0.373 e. The van der Waals surface area contributed by atoms with Gasteiger partial charge in [-0.3, -0.25) is 4.79 Å². The van der Waals surface area contributed by atoms with Gasteiger partial charge in [0, 0.05) is 33.2 Å². The number of amides is 1. The average molecular weight is 283 g/mol. The van der Waals surface area contributed by atoms with Crippen molar-refractivity contribution in [2.75, 3.05) is 45.1 Å². The Labute approximate surface area is 118 Å². The second kappa shape index (κ2) is 6.21. The van der Waals surface area contributed by atoms with E-state index in [2.05, 4.69) is 22.1 Å². The molecule has 1 fully saturated rings. The number of hydrogen-bond donors (Lipinski definition) is 1. The summed E-state index contributed by atoms with van der Waals surface area (Å²) in [5, 5.41) is 3.32. The highest BCUT2D eigenvalue weighted by atomic mass is 35.5. The molecule has 0 unspecified atom stereocenters. The number of carbonyl (C=O) groups is 1. The fourth-order valence-corrected chi connectivity index (χ4v) is 2.33. The minimum absolute atomic E-state index is 0.0853. The first-order chi connectivity index (χ1) is 9.15. The first-order valence-corrected chi connectivity index (χ1v) is 6.89. The highest BCUT2D eigenvalue weighted by Crippen LogP contribution is 2.19. The van der Waals surface area contributed by atoms with Crippen molar-refractivity contribution in [3.8, 4) is 0 Å². The van der Waals surface area contributed by atoms with Crippen molar-refractivity contribution in [2.24, 2.45) is 0 Å². The Morgan fingerprint density at radius 2 is 2.05 bits per heavy atom. The Balaban J connectivity index is 2.11. The van der Waals surface area contributed by atoms with Crippen molar-refractivity contribution in [3.05, 3.63) is 22.8 Å². The lowest BCUT2D eigenvalue weighted by atomic mass is 10.2. The third-order valence-electron chi connectivity index (χ3n) is 3.41. The molecule has 0 radical (unpaired) electrons. The number of aromatic nitrogens is 1. The zero-order valence-corrected chi connectivity index (χ0v) is 12.1. The van der Waals surface area contributed by atoms with Crippen molar-refractivity contribution >= 4 is 23.3 Å². The van der Waals surface area contributed by atoms with Crippen LogP contribution in [0.25, 0.3) is 0 Å². The highest BCUT2D eigenvalue weighted by Gasteiger charge is 2.24. The van der Waals surface area contributed by atoms with Gasteiger partial charge in [0.2, 0.25) is 0 Å². The number of nitrogens with zero attached hydrogens (tertiary/aromatic N) is 3. The van der Waals surface area contributed by atoms with Gasteiger partial charge in [0.1, 0.15) is 11.5 Å². The maximum absolute atomic E-state index is 12.4. The van der Waals surface area contributed by atoms with Gasteiger partial charge >= 0.3 is 0 Å². The first kappa shape index (κ1) is 14.1. The molecule has 1 saturated heterocycles. The van der Waals surface area contributed by atoms with Crippen LogP contribution in [0.2, 0.25) is 5.02 Å². The molecule has 0 saturated carbocycles. The molecule has 1 aromatic rings. The smallest absolute Gasteiger partial charge is 0.274 e. The van der Waals surface area contributed by atoms with Crippen LogP contribution in [-0.2, 0) is 0 Å². The van der Waals surface area contributed by atoms with Crippen LogP contribution in [0.4, 0.5) is 5.82 Å². The summed E-state index contributed by atoms with van der Waals surface area (Å²) < 4.78 is 0. The molecule has 0 atom stereocenters. The molecule has 0 aromatic carbocycles. The van der Waals surface area contributed by atoms with Gasteiger partial charge < -0.3 is 15.1 Å². The first-order valence-electron chi connectivity index (χ1n) is 6.51. The Kier molecular flexibility index (Phi) is 4.61. The van der Waals surface area contributed by atoms with E-state index < -0.39 is 0 Å². The summed E-state index contributed by atoms with van der Waals surface area (Å²) >= 11 is 6.08. The number of rotatable bonds is 3. The molecule has 5 nitrogen and oxygen atoms in total. The normalized spacial score (nSPS) is 16.5. The molecule has 19 heavy (non-hydrogen) atoms. The Bertz CT molecular complexity index is 458. The number of halogens is 1. The number of hydrogen-bond acceptors (Lipinski definition) is 4. The lowest BCUT2D eigenvalue weighted by Gasteiger charge is -2.34. The quantitative estimate of drug-likeness (QED) is 0.914. The van der Waals surface area contributed by atoms with E-state index in [0.29, 0.717) is 16.5 Å². The number of nitrogens with one attached hydrogen (secondary N) is 1. The molecule has 2 rings (SSSR count). The predicted molar refractivity (Wildman–Crippen MR) is 76.8 cm³/mol. The summed E-state index contributed by atoms with van der Waals surface area (Å²) in [6.07, 6.45) is 0. The van der Waals surface area contributed by atoms with Crippen LogP contribution < -0.4 is 5.32 Å². The van der Waals surface area contributed by atoms with E-state index >= 15 is 0 Å². The molecule has 0 spiro atoms. The summed E-state index contributed by atoms with van der Waals surface area (Å²) in [6, 6.07) is 3.46. The second-order valence-corrected chi connectivity index (χ2v) is 4.91. The van der Waals surface area contributed by atoms with Crippen molar-refractivity contribution in [2.45, 2.75) is 6.92 Å². The maximum atomic E-state index is 12.4. The third kappa shape index (κ3) is 3.16. The number of likely N-dealkylation sites (N-methyl/N-ethyl adjacent to an activating group) is 1. The van der Waals surface area contributed by atoms with E-state index in [1.807, 2.05) is 4.90 Å². The number of carbonyl (C=O) groups excluding carboxylic acids is 1. The van der Waals surface area contributed by atoms with Crippen molar-refractivity contribution < 1.29 is 4.79 Å². The van der Waals surface area contributed by atoms with Crippen LogP contribution in [0, 0.1) is 0 Å². The van der Waals surface area contributed by atoms with Gasteiger partial charge in [-0.25, -0.2) is 4.98 Å². The van der Waals surface area contributed by atoms with Crippen LogP contribution >= 0.6 is 11.6 Å². The number of pyridine rings is 1. The van der Waals surface area contributed by atoms with Gasteiger partial charge in [0.25, 0.3) is 5.91 Å². The molecular weight excluding hydrogens is 264 g/mol. The summed E-state index contributed by atoms with van der Waals surface area (Å²) in [5.41, 5.74) is 0.332. The highest BCUT2D eigenvalue weighted by molar-refractivity contribution is 6.33. The molecule has 1 amide bonds. The van der Waals surface area contributed by atoms with E-state index in [1.165, 1.54) is 0 Å². The lowest BCUT2D eigenvalue weighted by molar-refractivity contribution is 0.0638. The minimum atomic E-state index is -0.0853. The van der Waals surface area contributed by atoms with E-state index in [4.69, 9.17) is 11.6 Å². The van der Waals surface area contributed by atoms with Crippen LogP contribution in [0.1, 0.15) is 17.4 Å². The van der Waals surface area contributed by atoms with Crippen LogP contribution in [0.5, 0.6) is 0 Å². The second-order valence-electron chi connectivity index (χ2n) is 4.50. The SMILES string of the molecule is CCN1CCN(C(=O)c2nc(NC)ccc2Cl)CC1. The molecule has 1 N–H and O–H groups in total. The lowest BCUT2D eigenvalue weighted by Crippen LogP contribution is -2.48. The molecule has 1 aliphatic heterocycles. The van der Waals surface area contributed by atoms with Gasteiger partial charge in [-0.2, -0.15) is 0 Å². The van der Waals surface area contributed by atoms with Gasteiger partial charge in [-0.1, -0.05) is 18.5 Å². The van der Waals surface area contributed by atoms with Gasteiger partial charge in [-0.05, 0) is 18.7 Å². The van der Waals surface area contributed by atoms with Crippen LogP contribution in [0.15, 0.2) is 12.1 Å². The molecule has 2 heterocycles. The number of anilines is 1. The zero-order chi connectivity index (χ0) is 13.8. The maximum Gasteiger partial charge on any atom is 0.274 e. The average Bonchev–Trinajstić information content (AvgIpc) is 2.47. The molecule has 0 aliphatic carbocycles. The summed E-state index contributed by atoms with van der Waals surface area (Å²) in [7, 11) is 1.77. The molecule has 1 aromatic heterocycles. The van der Waals surface area contributed by atoms with E-state index in [-0.39, 0.29) is 5.91 Å². The fraction of sp³-hybridized carbons (Fsp3) is 0.538. The molecule has 0 bridgehead atoms. The topological polar surface area (TPSA) is 48.5 Å². The third-order valence-corrected chi connectivity index (χ3v) is 3.72. The van der Waals surface area contributed by atoms with Gasteiger partial charge in [0.15, 0.2) is 0 Å². The van der Waals surface area contributed by atoms with Crippen LogP contribution in [-0.4, -0.2) is 60.5 Å². The molecule has 6 heteroatoms. The summed E-state index contributed by atoms with van der Waals surface area (Å²) in [5.74, 6) is 0.567. The zero-order valence-electron chi connectivity index (χ0n) is 11.3. The van der Waals surface area contributed by atoms with E-state index in [0.717, 1.165) is 32.7 Å². The Hall–Kier alpha value is -1.33. The van der Waals surface area contributed by atoms with Crippen LogP contribution in [0.3, 0.4) is 0 Å². The molecule has 1 aliphatic rings. The van der Waals surface area contributed by atoms with Gasteiger partial charge in [0.05, 0.1) is 5.02 Å². The van der Waals surface area contributed by atoms with E-state index in [1.54, 1.807) is 19.2 Å². The standard InChI is InChI=1S/C13H19ClN4O/c1-3-17-6-8-18(9-7-17)13(19)12-10(14)4-5-11(15-2)16-12/h4-5H,3,6-9H2,1-2H3,(H,15,16). The Morgan fingerprint density at radius 3 is 2.63 bits per heavy atom. The Morgan fingerprint density at radius 1 is 1.37 bits per heavy atom. The summed E-state index contributed by atoms with van der Waals surface area (Å²) in [6.45, 7) is 6.43. The molecular formula is C13H19ClN4O. The van der Waals surface area contributed by atoms with Crippen molar-refractivity contribution in [1.82, 2.24) is 14.8 Å². The fourth-order valence-electron chi connectivity index (χ4n) is 2.15. The van der Waals surface area contributed by atoms with Crippen molar-refractivity contribution in [1.29, 1.82) is 0 Å². The van der Waals surface area contributed by atoms with Gasteiger partial charge in [-0.15, -0.1) is 0 Å². The summed E-state index contributed by atoms with van der Waals surface area (Å²) in [4.78, 5) is 20.8. The predicted octanol–water partition coefficient (Wildman–Crippen LogP) is 1.55. The monoisotopic (exact) mass is 282 g/mol. The van der Waals surface area contributed by atoms with E-state index in [9.17, 15) is 4.79 Å². The molecule has 104 valence electrons. The largest absolute Gasteiger partial charge is 0.373 e. The van der Waals surface area contributed by atoms with Crippen molar-refractivity contribution in [3.63, 3.8) is 0 Å². The number of piperazine rings is 1.